The summed E-state index contributed by atoms with van der Waals surface area (Å²) in [6.07, 6.45) is -0.125. The number of rotatable bonds is 2. The molecule has 4 fully saturated rings. The van der Waals surface area contributed by atoms with Crippen LogP contribution in [0.4, 0.5) is 4.79 Å². The Morgan fingerprint density at radius 1 is 1.56 bits per heavy atom. The van der Waals surface area contributed by atoms with Gasteiger partial charge in [-0.2, -0.15) is 0 Å². The van der Waals surface area contributed by atoms with E-state index in [9.17, 15) is 4.79 Å². The molecular weight excluding hydrogens is 204 g/mol. The highest BCUT2D eigenvalue weighted by molar-refractivity contribution is 5.73. The van der Waals surface area contributed by atoms with Crippen LogP contribution in [0.15, 0.2) is 0 Å². The van der Waals surface area contributed by atoms with Gasteiger partial charge in [0.15, 0.2) is 0 Å². The van der Waals surface area contributed by atoms with Gasteiger partial charge in [-0.05, 0) is 39.7 Å². The molecule has 4 rings (SSSR count). The summed E-state index contributed by atoms with van der Waals surface area (Å²) in [7, 11) is 1.99. The molecule has 1 unspecified atom stereocenters. The fourth-order valence-electron chi connectivity index (χ4n) is 3.62. The lowest BCUT2D eigenvalue weighted by Gasteiger charge is -2.24. The van der Waals surface area contributed by atoms with Gasteiger partial charge in [-0.15, -0.1) is 0 Å². The Kier molecular flexibility index (Phi) is 1.77. The highest BCUT2D eigenvalue weighted by Gasteiger charge is 2.92. The summed E-state index contributed by atoms with van der Waals surface area (Å²) in [5, 5.41) is 3.24. The predicted molar refractivity (Wildman–Crippen MR) is 60.1 cm³/mol. The number of nitrogens with zero attached hydrogens (tertiary/aromatic N) is 1. The SMILES string of the molecule is CNC[C@]12C3[C@@H]1[C@@H]2CN3C(=O)OC(C)(C)C. The number of nitrogens with one attached hydrogen (secondary N) is 1. The molecule has 0 aromatic carbocycles. The molecule has 90 valence electrons. The van der Waals surface area contributed by atoms with Gasteiger partial charge in [-0.3, -0.25) is 0 Å². The maximum Gasteiger partial charge on any atom is 0.410 e. The average Bonchev–Trinajstić information content (AvgIpc) is 2.83. The Hall–Kier alpha value is -0.770. The third kappa shape index (κ3) is 1.11. The molecule has 1 N–H and O–H groups in total. The van der Waals surface area contributed by atoms with Gasteiger partial charge < -0.3 is 15.0 Å². The van der Waals surface area contributed by atoms with E-state index in [1.54, 1.807) is 0 Å². The van der Waals surface area contributed by atoms with Crippen LogP contribution in [0.3, 0.4) is 0 Å². The van der Waals surface area contributed by atoms with E-state index in [2.05, 4.69) is 5.32 Å². The van der Waals surface area contributed by atoms with E-state index in [0.29, 0.717) is 11.5 Å². The van der Waals surface area contributed by atoms with Crippen LogP contribution in [-0.4, -0.2) is 42.8 Å². The van der Waals surface area contributed by atoms with Gasteiger partial charge in [-0.1, -0.05) is 0 Å². The van der Waals surface area contributed by atoms with Crippen LogP contribution in [0.5, 0.6) is 0 Å². The van der Waals surface area contributed by atoms with Gasteiger partial charge in [0.1, 0.15) is 5.60 Å². The normalized spacial score (nSPS) is 43.0. The Balaban J connectivity index is 1.62. The minimum Gasteiger partial charge on any atom is -0.444 e. The number of ether oxygens (including phenoxy) is 1. The molecule has 0 aromatic rings. The summed E-state index contributed by atoms with van der Waals surface area (Å²) in [4.78, 5) is 13.9. The smallest absolute Gasteiger partial charge is 0.410 e. The van der Waals surface area contributed by atoms with Gasteiger partial charge in [0.05, 0.1) is 0 Å². The topological polar surface area (TPSA) is 41.6 Å². The second-order valence-corrected chi connectivity index (χ2v) is 6.35. The van der Waals surface area contributed by atoms with E-state index in [4.69, 9.17) is 4.74 Å². The van der Waals surface area contributed by atoms with Gasteiger partial charge in [0, 0.05) is 24.5 Å². The zero-order valence-electron chi connectivity index (χ0n) is 10.4. The van der Waals surface area contributed by atoms with E-state index < -0.39 is 0 Å². The highest BCUT2D eigenvalue weighted by atomic mass is 16.6. The van der Waals surface area contributed by atoms with E-state index in [-0.39, 0.29) is 11.7 Å². The summed E-state index contributed by atoms with van der Waals surface area (Å²) in [6, 6.07) is 0.472. The molecular formula is C12H20N2O2. The van der Waals surface area contributed by atoms with Crippen LogP contribution in [0.2, 0.25) is 0 Å². The lowest BCUT2D eigenvalue weighted by atomic mass is 10.1. The largest absolute Gasteiger partial charge is 0.444 e. The Bertz CT molecular complexity index is 343. The molecule has 2 aliphatic heterocycles. The third-order valence-corrected chi connectivity index (χ3v) is 4.26. The predicted octanol–water partition coefficient (Wildman–Crippen LogP) is 1.07. The summed E-state index contributed by atoms with van der Waals surface area (Å²) < 4.78 is 5.42. The monoisotopic (exact) mass is 224 g/mol. The zero-order chi connectivity index (χ0) is 11.7. The van der Waals surface area contributed by atoms with E-state index >= 15 is 0 Å². The van der Waals surface area contributed by atoms with E-state index in [0.717, 1.165) is 24.9 Å². The van der Waals surface area contributed by atoms with Crippen molar-refractivity contribution in [2.24, 2.45) is 17.3 Å². The molecule has 0 spiro atoms. The van der Waals surface area contributed by atoms with Crippen molar-refractivity contribution in [3.05, 3.63) is 0 Å². The molecule has 2 heterocycles. The molecule has 4 aliphatic rings. The molecule has 2 aliphatic carbocycles. The number of hydrogen-bond acceptors (Lipinski definition) is 3. The number of piperidine rings is 1. The van der Waals surface area contributed by atoms with E-state index in [1.165, 1.54) is 0 Å². The minimum absolute atomic E-state index is 0.125. The van der Waals surface area contributed by atoms with Crippen molar-refractivity contribution in [2.45, 2.75) is 32.4 Å². The number of amides is 1. The first-order valence-electron chi connectivity index (χ1n) is 6.06. The van der Waals surface area contributed by atoms with Crippen LogP contribution >= 0.6 is 0 Å². The van der Waals surface area contributed by atoms with E-state index in [1.807, 2.05) is 32.7 Å². The van der Waals surface area contributed by atoms with Gasteiger partial charge in [0.2, 0.25) is 0 Å². The fourth-order valence-corrected chi connectivity index (χ4v) is 3.62. The molecule has 16 heavy (non-hydrogen) atoms. The van der Waals surface area contributed by atoms with Crippen LogP contribution in [-0.2, 0) is 4.74 Å². The van der Waals surface area contributed by atoms with Crippen LogP contribution in [0.25, 0.3) is 0 Å². The molecule has 4 nitrogen and oxygen atoms in total. The molecule has 2 saturated carbocycles. The van der Waals surface area contributed by atoms with Crippen molar-refractivity contribution in [1.29, 1.82) is 0 Å². The molecule has 2 saturated heterocycles. The Morgan fingerprint density at radius 3 is 2.75 bits per heavy atom. The molecule has 0 radical (unpaired) electrons. The molecule has 4 heteroatoms. The Labute approximate surface area is 96.3 Å². The molecule has 2 bridgehead atoms. The van der Waals surface area contributed by atoms with Crippen molar-refractivity contribution in [3.63, 3.8) is 0 Å². The third-order valence-electron chi connectivity index (χ3n) is 4.26. The maximum absolute atomic E-state index is 11.9. The quantitative estimate of drug-likeness (QED) is 0.763. The number of carbonyl (C=O) groups excluding carboxylic acids is 1. The second-order valence-electron chi connectivity index (χ2n) is 6.35. The standard InChI is InChI=1S/C12H20N2O2/c1-11(2,3)16-10(15)14-5-7-8-9(14)12(7,8)6-13-4/h7-9,13H,5-6H2,1-4H3/t7-,8-,9?,12+/m0/s1. The molecule has 1 amide bonds. The summed E-state index contributed by atoms with van der Waals surface area (Å²) in [5.74, 6) is 1.52. The average molecular weight is 224 g/mol. The van der Waals surface area contributed by atoms with Crippen LogP contribution < -0.4 is 5.32 Å². The van der Waals surface area contributed by atoms with Gasteiger partial charge in [0.25, 0.3) is 0 Å². The summed E-state index contributed by atoms with van der Waals surface area (Å²) >= 11 is 0. The van der Waals surface area contributed by atoms with Crippen molar-refractivity contribution >= 4 is 6.09 Å². The van der Waals surface area contributed by atoms with Crippen molar-refractivity contribution in [1.82, 2.24) is 10.2 Å². The number of carbonyl (C=O) groups is 1. The molecule has 4 atom stereocenters. The van der Waals surface area contributed by atoms with Gasteiger partial charge >= 0.3 is 6.09 Å². The first kappa shape index (κ1) is 10.4. The van der Waals surface area contributed by atoms with Crippen molar-refractivity contribution in [2.75, 3.05) is 20.1 Å². The Morgan fingerprint density at radius 2 is 2.25 bits per heavy atom. The number of fused-ring (bicyclic) bond motifs is 1. The molecule has 0 aromatic heterocycles. The number of hydrogen-bond donors (Lipinski definition) is 1. The summed E-state index contributed by atoms with van der Waals surface area (Å²) in [6.45, 7) is 7.71. The second kappa shape index (κ2) is 2.73. The first-order valence-corrected chi connectivity index (χ1v) is 6.06. The van der Waals surface area contributed by atoms with Crippen molar-refractivity contribution < 1.29 is 9.53 Å². The maximum atomic E-state index is 11.9. The van der Waals surface area contributed by atoms with Crippen LogP contribution in [0.1, 0.15) is 20.8 Å². The highest BCUT2D eigenvalue weighted by Crippen LogP contribution is 2.85. The summed E-state index contributed by atoms with van der Waals surface area (Å²) in [5.41, 5.74) is 0.0568. The van der Waals surface area contributed by atoms with Crippen molar-refractivity contribution in [3.8, 4) is 0 Å². The fraction of sp³-hybridized carbons (Fsp3) is 0.917. The van der Waals surface area contributed by atoms with Gasteiger partial charge in [-0.25, -0.2) is 4.79 Å². The minimum atomic E-state index is -0.379. The lowest BCUT2D eigenvalue weighted by molar-refractivity contribution is 0.0274. The zero-order valence-corrected chi connectivity index (χ0v) is 10.4. The van der Waals surface area contributed by atoms with Crippen LogP contribution in [0, 0.1) is 17.3 Å². The lowest BCUT2D eigenvalue weighted by Crippen LogP contribution is -2.36. The first-order chi connectivity index (χ1) is 7.42.